The summed E-state index contributed by atoms with van der Waals surface area (Å²) in [4.78, 5) is 4.30. The molecule has 1 aromatic rings. The lowest BCUT2D eigenvalue weighted by atomic mass is 9.82. The van der Waals surface area contributed by atoms with Crippen LogP contribution in [0.15, 0.2) is 12.4 Å². The fourth-order valence-electron chi connectivity index (χ4n) is 2.23. The summed E-state index contributed by atoms with van der Waals surface area (Å²) in [6.45, 7) is 4.85. The maximum Gasteiger partial charge on any atom is 0.134 e. The molecule has 1 aromatic heterocycles. The van der Waals surface area contributed by atoms with E-state index in [1.807, 2.05) is 19.4 Å². The minimum atomic E-state index is 0.445. The van der Waals surface area contributed by atoms with Crippen molar-refractivity contribution < 1.29 is 4.74 Å². The van der Waals surface area contributed by atoms with Crippen molar-refractivity contribution in [3.8, 4) is 0 Å². The highest BCUT2D eigenvalue weighted by Gasteiger charge is 2.29. The van der Waals surface area contributed by atoms with E-state index in [2.05, 4.69) is 21.8 Å². The Morgan fingerprint density at radius 1 is 1.56 bits per heavy atom. The first-order valence-electron chi connectivity index (χ1n) is 6.09. The van der Waals surface area contributed by atoms with Gasteiger partial charge in [0.05, 0.1) is 6.10 Å². The number of nitrogens with one attached hydrogen (secondary N) is 1. The molecule has 4 nitrogen and oxygen atoms in total. The van der Waals surface area contributed by atoms with Crippen LogP contribution in [-0.4, -0.2) is 29.2 Å². The molecule has 0 bridgehead atoms. The molecule has 1 saturated carbocycles. The largest absolute Gasteiger partial charge is 0.370 e. The quantitative estimate of drug-likeness (QED) is 0.792. The van der Waals surface area contributed by atoms with E-state index in [1.165, 1.54) is 12.8 Å². The third-order valence-electron chi connectivity index (χ3n) is 3.28. The number of ether oxygens (including phenoxy) is 1. The fourth-order valence-corrected chi connectivity index (χ4v) is 2.23. The molecule has 1 aliphatic carbocycles. The Labute approximate surface area is 97.0 Å². The molecule has 0 aliphatic heterocycles. The summed E-state index contributed by atoms with van der Waals surface area (Å²) < 4.78 is 7.96. The van der Waals surface area contributed by atoms with Crippen LogP contribution in [0.2, 0.25) is 0 Å². The van der Waals surface area contributed by atoms with Gasteiger partial charge in [0.25, 0.3) is 0 Å². The van der Waals surface area contributed by atoms with E-state index in [0.29, 0.717) is 12.7 Å². The van der Waals surface area contributed by atoms with Gasteiger partial charge in [0.2, 0.25) is 0 Å². The number of hydrogen-bond acceptors (Lipinski definition) is 3. The lowest BCUT2D eigenvalue weighted by Crippen LogP contribution is -2.36. The van der Waals surface area contributed by atoms with Gasteiger partial charge in [-0.1, -0.05) is 0 Å². The molecule has 1 aliphatic rings. The van der Waals surface area contributed by atoms with Crippen LogP contribution in [0.4, 0.5) is 0 Å². The zero-order chi connectivity index (χ0) is 11.4. The zero-order valence-corrected chi connectivity index (χ0v) is 10.1. The van der Waals surface area contributed by atoms with Crippen molar-refractivity contribution in [1.29, 1.82) is 0 Å². The van der Waals surface area contributed by atoms with Gasteiger partial charge < -0.3 is 14.6 Å². The smallest absolute Gasteiger partial charge is 0.134 e. The summed E-state index contributed by atoms with van der Waals surface area (Å²) in [5.41, 5.74) is 0. The lowest BCUT2D eigenvalue weighted by molar-refractivity contribution is -0.0423. The van der Waals surface area contributed by atoms with Crippen molar-refractivity contribution in [1.82, 2.24) is 14.9 Å². The van der Waals surface area contributed by atoms with Crippen LogP contribution in [0.25, 0.3) is 0 Å². The van der Waals surface area contributed by atoms with E-state index in [1.54, 1.807) is 0 Å². The monoisotopic (exact) mass is 223 g/mol. The van der Waals surface area contributed by atoms with Crippen molar-refractivity contribution >= 4 is 0 Å². The molecular weight excluding hydrogens is 202 g/mol. The first-order valence-corrected chi connectivity index (χ1v) is 6.09. The zero-order valence-electron chi connectivity index (χ0n) is 10.1. The maximum atomic E-state index is 5.83. The Morgan fingerprint density at radius 2 is 2.38 bits per heavy atom. The molecule has 0 aromatic carbocycles. The van der Waals surface area contributed by atoms with Crippen molar-refractivity contribution in [2.45, 2.75) is 39.0 Å². The lowest BCUT2D eigenvalue weighted by Gasteiger charge is -2.34. The van der Waals surface area contributed by atoms with Crippen LogP contribution in [0.5, 0.6) is 0 Å². The van der Waals surface area contributed by atoms with Gasteiger partial charge in [0.15, 0.2) is 0 Å². The van der Waals surface area contributed by atoms with Crippen LogP contribution >= 0.6 is 0 Å². The van der Waals surface area contributed by atoms with E-state index < -0.39 is 0 Å². The summed E-state index contributed by atoms with van der Waals surface area (Å²) >= 11 is 0. The van der Waals surface area contributed by atoms with Crippen molar-refractivity contribution in [3.05, 3.63) is 18.2 Å². The highest BCUT2D eigenvalue weighted by atomic mass is 16.5. The third-order valence-corrected chi connectivity index (χ3v) is 3.28. The van der Waals surface area contributed by atoms with E-state index in [-0.39, 0.29) is 0 Å². The van der Waals surface area contributed by atoms with Gasteiger partial charge in [0, 0.05) is 18.9 Å². The average molecular weight is 223 g/mol. The molecule has 0 spiro atoms. The Bertz CT molecular complexity index is 318. The molecule has 16 heavy (non-hydrogen) atoms. The normalized spacial score (nSPS) is 24.4. The Morgan fingerprint density at radius 3 is 3.06 bits per heavy atom. The van der Waals surface area contributed by atoms with Crippen LogP contribution in [0, 0.1) is 5.92 Å². The number of rotatable bonds is 6. The molecule has 4 heteroatoms. The average Bonchev–Trinajstić information content (AvgIpc) is 2.68. The summed E-state index contributed by atoms with van der Waals surface area (Å²) in [6.07, 6.45) is 6.66. The third kappa shape index (κ3) is 2.62. The molecule has 2 rings (SSSR count). The van der Waals surface area contributed by atoms with Crippen LogP contribution in [0.3, 0.4) is 0 Å². The fraction of sp³-hybridized carbons (Fsp3) is 0.750. The second kappa shape index (κ2) is 5.46. The van der Waals surface area contributed by atoms with E-state index >= 15 is 0 Å². The SMILES string of the molecule is CCn1ccnc1COC1CC(CNC)C1. The number of aromatic nitrogens is 2. The Kier molecular flexibility index (Phi) is 3.96. The molecule has 1 N–H and O–H groups in total. The summed E-state index contributed by atoms with van der Waals surface area (Å²) in [7, 11) is 2.01. The molecule has 0 atom stereocenters. The van der Waals surface area contributed by atoms with Crippen LogP contribution in [0.1, 0.15) is 25.6 Å². The van der Waals surface area contributed by atoms with Crippen LogP contribution < -0.4 is 5.32 Å². The molecule has 0 saturated heterocycles. The molecule has 90 valence electrons. The van der Waals surface area contributed by atoms with Gasteiger partial charge in [-0.15, -0.1) is 0 Å². The Balaban J connectivity index is 1.69. The van der Waals surface area contributed by atoms with Crippen molar-refractivity contribution in [3.63, 3.8) is 0 Å². The molecule has 0 unspecified atom stereocenters. The van der Waals surface area contributed by atoms with E-state index in [0.717, 1.165) is 24.8 Å². The van der Waals surface area contributed by atoms with Gasteiger partial charge in [-0.25, -0.2) is 4.98 Å². The predicted octanol–water partition coefficient (Wildman–Crippen LogP) is 1.42. The highest BCUT2D eigenvalue weighted by Crippen LogP contribution is 2.29. The topological polar surface area (TPSA) is 39.1 Å². The van der Waals surface area contributed by atoms with Gasteiger partial charge >= 0.3 is 0 Å². The first-order chi connectivity index (χ1) is 7.83. The minimum Gasteiger partial charge on any atom is -0.370 e. The van der Waals surface area contributed by atoms with Crippen molar-refractivity contribution in [2.75, 3.05) is 13.6 Å². The summed E-state index contributed by atoms with van der Waals surface area (Å²) in [5, 5.41) is 3.21. The predicted molar refractivity (Wildman–Crippen MR) is 63.1 cm³/mol. The second-order valence-electron chi connectivity index (χ2n) is 4.46. The Hall–Kier alpha value is -0.870. The van der Waals surface area contributed by atoms with Gasteiger partial charge in [-0.2, -0.15) is 0 Å². The summed E-state index contributed by atoms with van der Waals surface area (Å²) in [5.74, 6) is 1.85. The van der Waals surface area contributed by atoms with Gasteiger partial charge in [-0.3, -0.25) is 0 Å². The van der Waals surface area contributed by atoms with E-state index in [9.17, 15) is 0 Å². The highest BCUT2D eigenvalue weighted by molar-refractivity contribution is 4.91. The molecule has 1 heterocycles. The second-order valence-corrected chi connectivity index (χ2v) is 4.46. The first kappa shape index (κ1) is 11.6. The number of aryl methyl sites for hydroxylation is 1. The molecule has 0 amide bonds. The molecule has 0 radical (unpaired) electrons. The molecule has 1 fully saturated rings. The number of imidazole rings is 1. The van der Waals surface area contributed by atoms with Gasteiger partial charge in [-0.05, 0) is 39.3 Å². The minimum absolute atomic E-state index is 0.445. The maximum absolute atomic E-state index is 5.83. The number of hydrogen-bond donors (Lipinski definition) is 1. The van der Waals surface area contributed by atoms with Gasteiger partial charge in [0.1, 0.15) is 12.4 Å². The standard InChI is InChI=1S/C12H21N3O/c1-3-15-5-4-14-12(15)9-16-11-6-10(7-11)8-13-2/h4-5,10-11,13H,3,6-9H2,1-2H3. The van der Waals surface area contributed by atoms with E-state index in [4.69, 9.17) is 4.74 Å². The summed E-state index contributed by atoms with van der Waals surface area (Å²) in [6, 6.07) is 0. The van der Waals surface area contributed by atoms with Crippen LogP contribution in [-0.2, 0) is 17.9 Å². The number of nitrogens with zero attached hydrogens (tertiary/aromatic N) is 2. The molecular formula is C12H21N3O. The van der Waals surface area contributed by atoms with Crippen molar-refractivity contribution in [2.24, 2.45) is 5.92 Å².